The molecule has 1 atom stereocenters. The largest absolute Gasteiger partial charge is 0.478 e. The number of hydrogen-bond acceptors (Lipinski definition) is 6. The smallest absolute Gasteiger partial charge is 0.409 e. The number of anilines is 1. The first-order valence-electron chi connectivity index (χ1n) is 9.95. The first kappa shape index (κ1) is 24.1. The van der Waals surface area contributed by atoms with Crippen molar-refractivity contribution in [3.63, 3.8) is 0 Å². The normalized spacial score (nSPS) is 19.2. The molecule has 2 aliphatic rings. The zero-order valence-electron chi connectivity index (χ0n) is 17.7. The molecule has 2 heterocycles. The number of likely N-dealkylation sites (N-methyl/N-ethyl adjacent to an activating group) is 1. The maximum Gasteiger partial charge on any atom is 0.409 e. The third-order valence-electron chi connectivity index (χ3n) is 5.07. The Morgan fingerprint density at radius 2 is 1.77 bits per heavy atom. The molecule has 0 bridgehead atoms. The van der Waals surface area contributed by atoms with E-state index < -0.39 is 11.9 Å². The fourth-order valence-corrected chi connectivity index (χ4v) is 3.32. The van der Waals surface area contributed by atoms with Gasteiger partial charge in [0.15, 0.2) is 0 Å². The average molecular weight is 437 g/mol. The zero-order valence-corrected chi connectivity index (χ0v) is 17.7. The predicted octanol–water partition coefficient (Wildman–Crippen LogP) is 1.81. The number of carboxylic acids is 2. The van der Waals surface area contributed by atoms with Crippen LogP contribution in [0.2, 0.25) is 0 Å². The Morgan fingerprint density at radius 1 is 1.16 bits per heavy atom. The number of amides is 1. The number of piperazine rings is 1. The lowest BCUT2D eigenvalue weighted by molar-refractivity contribution is -0.134. The number of nitrogens with zero attached hydrogens (tertiary/aromatic N) is 3. The quantitative estimate of drug-likeness (QED) is 0.649. The van der Waals surface area contributed by atoms with Gasteiger partial charge in [0.1, 0.15) is 11.9 Å². The van der Waals surface area contributed by atoms with Crippen molar-refractivity contribution >= 4 is 23.7 Å². The minimum atomic E-state index is -1.26. The van der Waals surface area contributed by atoms with Gasteiger partial charge in [-0.1, -0.05) is 0 Å². The van der Waals surface area contributed by atoms with Gasteiger partial charge >= 0.3 is 18.0 Å². The third kappa shape index (κ3) is 7.89. The molecule has 0 saturated carbocycles. The number of hydrogen-bond donors (Lipinski definition) is 2. The van der Waals surface area contributed by atoms with E-state index in [4.69, 9.17) is 14.9 Å². The lowest BCUT2D eigenvalue weighted by Gasteiger charge is -2.36. The molecule has 31 heavy (non-hydrogen) atoms. The van der Waals surface area contributed by atoms with Crippen LogP contribution >= 0.6 is 0 Å². The van der Waals surface area contributed by atoms with E-state index >= 15 is 0 Å². The molecule has 1 amide bonds. The summed E-state index contributed by atoms with van der Waals surface area (Å²) in [5.74, 6) is -2.66. The summed E-state index contributed by atoms with van der Waals surface area (Å²) in [4.78, 5) is 36.8. The molecule has 0 aliphatic carbocycles. The van der Waals surface area contributed by atoms with Gasteiger partial charge in [-0.15, -0.1) is 0 Å². The van der Waals surface area contributed by atoms with Crippen LogP contribution in [0, 0.1) is 12.7 Å². The molecule has 1 aromatic carbocycles. The Balaban J connectivity index is 0.000000366. The number of aryl methyl sites for hydroxylation is 1. The van der Waals surface area contributed by atoms with Gasteiger partial charge in [0, 0.05) is 57.6 Å². The second-order valence-corrected chi connectivity index (χ2v) is 7.45. The molecule has 2 fully saturated rings. The molecule has 1 unspecified atom stereocenters. The van der Waals surface area contributed by atoms with Crippen LogP contribution in [-0.4, -0.2) is 90.5 Å². The molecule has 0 radical (unpaired) electrons. The van der Waals surface area contributed by atoms with Gasteiger partial charge in [0.2, 0.25) is 0 Å². The minimum absolute atomic E-state index is 0.0188. The number of carboxylic acid groups (broad SMARTS) is 2. The van der Waals surface area contributed by atoms with Gasteiger partial charge in [0.05, 0.1) is 6.54 Å². The topological polar surface area (TPSA) is 111 Å². The van der Waals surface area contributed by atoms with E-state index in [1.807, 2.05) is 12.1 Å². The monoisotopic (exact) mass is 437 g/mol. The Bertz CT molecular complexity index is 807. The summed E-state index contributed by atoms with van der Waals surface area (Å²) in [6.07, 6.45) is 1.80. The van der Waals surface area contributed by atoms with E-state index in [1.165, 1.54) is 0 Å². The molecule has 1 aromatic rings. The second-order valence-electron chi connectivity index (χ2n) is 7.45. The van der Waals surface area contributed by atoms with E-state index in [9.17, 15) is 18.8 Å². The van der Waals surface area contributed by atoms with Crippen LogP contribution in [0.15, 0.2) is 30.4 Å². The molecule has 0 spiro atoms. The molecular formula is C21H28FN3O6. The van der Waals surface area contributed by atoms with Gasteiger partial charge in [-0.25, -0.2) is 18.8 Å². The molecule has 170 valence electrons. The fraction of sp³-hybridized carbons (Fsp3) is 0.476. The van der Waals surface area contributed by atoms with Crippen LogP contribution in [0.4, 0.5) is 14.9 Å². The fourth-order valence-electron chi connectivity index (χ4n) is 3.32. The summed E-state index contributed by atoms with van der Waals surface area (Å²) >= 11 is 0. The SMILES string of the molecule is Cc1cc(N2CCN(CCC3CN(C)C(=O)O3)CC2)ccc1F.O=C(O)/C=C/C(=O)O. The van der Waals surface area contributed by atoms with E-state index in [1.54, 1.807) is 24.9 Å². The highest BCUT2D eigenvalue weighted by molar-refractivity contribution is 5.89. The zero-order chi connectivity index (χ0) is 23.0. The number of benzene rings is 1. The molecule has 2 aliphatic heterocycles. The molecule has 10 heteroatoms. The first-order valence-corrected chi connectivity index (χ1v) is 9.95. The second kappa shape index (κ2) is 11.3. The van der Waals surface area contributed by atoms with Crippen molar-refractivity contribution in [2.75, 3.05) is 51.2 Å². The third-order valence-corrected chi connectivity index (χ3v) is 5.07. The first-order chi connectivity index (χ1) is 14.7. The van der Waals surface area contributed by atoms with Crippen molar-refractivity contribution in [2.45, 2.75) is 19.4 Å². The van der Waals surface area contributed by atoms with Crippen molar-refractivity contribution in [1.29, 1.82) is 0 Å². The summed E-state index contributed by atoms with van der Waals surface area (Å²) < 4.78 is 18.7. The van der Waals surface area contributed by atoms with E-state index in [0.717, 1.165) is 44.8 Å². The van der Waals surface area contributed by atoms with Crippen LogP contribution in [0.1, 0.15) is 12.0 Å². The number of halogens is 1. The van der Waals surface area contributed by atoms with Gasteiger partial charge in [-0.3, -0.25) is 4.90 Å². The molecule has 0 aromatic heterocycles. The summed E-state index contributed by atoms with van der Waals surface area (Å²) in [6.45, 7) is 7.27. The van der Waals surface area contributed by atoms with Crippen molar-refractivity contribution in [2.24, 2.45) is 0 Å². The molecule has 9 nitrogen and oxygen atoms in total. The minimum Gasteiger partial charge on any atom is -0.478 e. The summed E-state index contributed by atoms with van der Waals surface area (Å²) in [5.41, 5.74) is 1.78. The number of rotatable bonds is 6. The summed E-state index contributed by atoms with van der Waals surface area (Å²) in [7, 11) is 1.77. The highest BCUT2D eigenvalue weighted by atomic mass is 19.1. The Morgan fingerprint density at radius 3 is 2.26 bits per heavy atom. The van der Waals surface area contributed by atoms with Crippen molar-refractivity contribution in [3.8, 4) is 0 Å². The Hall–Kier alpha value is -3.14. The van der Waals surface area contributed by atoms with Crippen molar-refractivity contribution in [3.05, 3.63) is 41.7 Å². The molecule has 2 saturated heterocycles. The van der Waals surface area contributed by atoms with Gasteiger partial charge in [-0.05, 0) is 37.1 Å². The maximum absolute atomic E-state index is 13.4. The van der Waals surface area contributed by atoms with Gasteiger partial charge < -0.3 is 24.7 Å². The maximum atomic E-state index is 13.4. The van der Waals surface area contributed by atoms with E-state index in [-0.39, 0.29) is 18.0 Å². The molecule has 3 rings (SSSR count). The Labute approximate surface area is 180 Å². The standard InChI is InChI=1S/C17H24FN3O2.C4H4O4/c1-13-11-14(3-4-16(13)18)21-9-7-20(8-10-21)6-5-15-12-19(2)17(22)23-15;5-3(6)1-2-4(7)8/h3-4,11,15H,5-10,12H2,1-2H3;1-2H,(H,5,6)(H,7,8)/b;2-1+. The lowest BCUT2D eigenvalue weighted by Crippen LogP contribution is -2.47. The molecule has 2 N–H and O–H groups in total. The van der Waals surface area contributed by atoms with Gasteiger partial charge in [0.25, 0.3) is 0 Å². The van der Waals surface area contributed by atoms with Crippen molar-refractivity contribution in [1.82, 2.24) is 9.80 Å². The van der Waals surface area contributed by atoms with E-state index in [2.05, 4.69) is 9.80 Å². The van der Waals surface area contributed by atoms with Crippen LogP contribution in [-0.2, 0) is 14.3 Å². The van der Waals surface area contributed by atoms with Crippen LogP contribution in [0.5, 0.6) is 0 Å². The van der Waals surface area contributed by atoms with Crippen LogP contribution in [0.25, 0.3) is 0 Å². The predicted molar refractivity (Wildman–Crippen MR) is 112 cm³/mol. The Kier molecular flexibility index (Phi) is 8.80. The highest BCUT2D eigenvalue weighted by Crippen LogP contribution is 2.20. The lowest BCUT2D eigenvalue weighted by atomic mass is 10.1. The summed E-state index contributed by atoms with van der Waals surface area (Å²) in [6, 6.07) is 5.31. The van der Waals surface area contributed by atoms with Crippen LogP contribution in [0.3, 0.4) is 0 Å². The number of carbonyl (C=O) groups excluding carboxylic acids is 1. The number of aliphatic carboxylic acids is 2. The van der Waals surface area contributed by atoms with E-state index in [0.29, 0.717) is 24.3 Å². The number of ether oxygens (including phenoxy) is 1. The number of carbonyl (C=O) groups is 3. The van der Waals surface area contributed by atoms with Crippen molar-refractivity contribution < 1.29 is 33.7 Å². The van der Waals surface area contributed by atoms with Crippen LogP contribution < -0.4 is 4.90 Å². The average Bonchev–Trinajstić information content (AvgIpc) is 3.05. The summed E-state index contributed by atoms with van der Waals surface area (Å²) in [5, 5.41) is 15.6. The number of cyclic esters (lactones) is 1. The highest BCUT2D eigenvalue weighted by Gasteiger charge is 2.28. The van der Waals surface area contributed by atoms with Gasteiger partial charge in [-0.2, -0.15) is 0 Å². The molecular weight excluding hydrogens is 409 g/mol.